The SMILES string of the molecule is N#CCC1(Cc2ccccc2)CCC2(CC1)OCCO2. The predicted octanol–water partition coefficient (Wildman–Crippen LogP) is 3.45. The van der Waals surface area contributed by atoms with Crippen LogP contribution in [0.25, 0.3) is 0 Å². The quantitative estimate of drug-likeness (QED) is 0.845. The molecule has 1 aliphatic heterocycles. The minimum absolute atomic E-state index is 0.0939. The second-order valence-corrected chi connectivity index (χ2v) is 6.10. The second-order valence-electron chi connectivity index (χ2n) is 6.10. The van der Waals surface area contributed by atoms with Crippen molar-refractivity contribution in [2.24, 2.45) is 5.41 Å². The van der Waals surface area contributed by atoms with Gasteiger partial charge in [-0.05, 0) is 30.2 Å². The van der Waals surface area contributed by atoms with E-state index in [9.17, 15) is 5.26 Å². The molecular weight excluding hydrogens is 250 g/mol. The van der Waals surface area contributed by atoms with E-state index in [1.54, 1.807) is 0 Å². The molecule has 3 heteroatoms. The summed E-state index contributed by atoms with van der Waals surface area (Å²) in [5.74, 6) is -0.338. The first-order valence-electron chi connectivity index (χ1n) is 7.45. The summed E-state index contributed by atoms with van der Waals surface area (Å²) in [6.45, 7) is 1.42. The minimum atomic E-state index is -0.338. The average Bonchev–Trinajstić information content (AvgIpc) is 2.93. The van der Waals surface area contributed by atoms with E-state index in [1.807, 2.05) is 6.07 Å². The normalized spacial score (nSPS) is 23.6. The van der Waals surface area contributed by atoms with E-state index < -0.39 is 0 Å². The minimum Gasteiger partial charge on any atom is -0.348 e. The van der Waals surface area contributed by atoms with E-state index in [0.717, 1.165) is 32.1 Å². The fraction of sp³-hybridized carbons (Fsp3) is 0.588. The van der Waals surface area contributed by atoms with E-state index in [1.165, 1.54) is 5.56 Å². The van der Waals surface area contributed by atoms with Crippen molar-refractivity contribution in [2.45, 2.75) is 44.3 Å². The zero-order valence-corrected chi connectivity index (χ0v) is 11.8. The van der Waals surface area contributed by atoms with Crippen molar-refractivity contribution in [3.05, 3.63) is 35.9 Å². The summed E-state index contributed by atoms with van der Waals surface area (Å²) in [6.07, 6.45) is 5.46. The van der Waals surface area contributed by atoms with Crippen LogP contribution < -0.4 is 0 Å². The molecule has 1 saturated heterocycles. The Labute approximate surface area is 120 Å². The molecule has 0 amide bonds. The molecule has 2 aliphatic rings. The van der Waals surface area contributed by atoms with E-state index in [4.69, 9.17) is 9.47 Å². The van der Waals surface area contributed by atoms with Crippen molar-refractivity contribution in [3.8, 4) is 6.07 Å². The van der Waals surface area contributed by atoms with E-state index >= 15 is 0 Å². The van der Waals surface area contributed by atoms with Crippen molar-refractivity contribution < 1.29 is 9.47 Å². The van der Waals surface area contributed by atoms with E-state index in [-0.39, 0.29) is 11.2 Å². The summed E-state index contributed by atoms with van der Waals surface area (Å²) in [5, 5.41) is 9.21. The molecule has 1 heterocycles. The van der Waals surface area contributed by atoms with Crippen LogP contribution in [0.5, 0.6) is 0 Å². The Hall–Kier alpha value is -1.37. The highest BCUT2D eigenvalue weighted by Gasteiger charge is 2.46. The van der Waals surface area contributed by atoms with Crippen molar-refractivity contribution in [2.75, 3.05) is 13.2 Å². The van der Waals surface area contributed by atoms with Crippen molar-refractivity contribution in [1.29, 1.82) is 5.26 Å². The number of hydrogen-bond donors (Lipinski definition) is 0. The molecule has 3 nitrogen and oxygen atoms in total. The summed E-state index contributed by atoms with van der Waals surface area (Å²) < 4.78 is 11.6. The average molecular weight is 271 g/mol. The lowest BCUT2D eigenvalue weighted by molar-refractivity contribution is -0.191. The van der Waals surface area contributed by atoms with Crippen LogP contribution in [0.1, 0.15) is 37.7 Å². The molecule has 0 N–H and O–H groups in total. The smallest absolute Gasteiger partial charge is 0.168 e. The van der Waals surface area contributed by atoms with Crippen LogP contribution in [0.15, 0.2) is 30.3 Å². The fourth-order valence-electron chi connectivity index (χ4n) is 3.56. The van der Waals surface area contributed by atoms with Gasteiger partial charge in [-0.2, -0.15) is 5.26 Å². The van der Waals surface area contributed by atoms with Crippen LogP contribution in [-0.2, 0) is 15.9 Å². The van der Waals surface area contributed by atoms with Crippen LogP contribution in [0, 0.1) is 16.7 Å². The van der Waals surface area contributed by atoms with Crippen molar-refractivity contribution >= 4 is 0 Å². The molecule has 3 rings (SSSR count). The lowest BCUT2D eigenvalue weighted by atomic mass is 9.67. The van der Waals surface area contributed by atoms with Gasteiger partial charge in [0.05, 0.1) is 19.3 Å². The molecule has 1 spiro atoms. The zero-order chi connectivity index (χ0) is 13.9. The maximum absolute atomic E-state index is 9.21. The fourth-order valence-corrected chi connectivity index (χ4v) is 3.56. The van der Waals surface area contributed by atoms with Crippen LogP contribution >= 0.6 is 0 Å². The highest BCUT2D eigenvalue weighted by Crippen LogP contribution is 2.48. The molecular formula is C17H21NO2. The standard InChI is InChI=1S/C17H21NO2/c18-11-10-16(14-15-4-2-1-3-5-15)6-8-17(9-7-16)19-12-13-20-17/h1-5H,6-10,12-14H2. The van der Waals surface area contributed by atoms with Gasteiger partial charge in [0.2, 0.25) is 0 Å². The van der Waals surface area contributed by atoms with Gasteiger partial charge < -0.3 is 9.47 Å². The van der Waals surface area contributed by atoms with Gasteiger partial charge in [0.1, 0.15) is 0 Å². The summed E-state index contributed by atoms with van der Waals surface area (Å²) in [4.78, 5) is 0. The van der Waals surface area contributed by atoms with Crippen LogP contribution in [0.2, 0.25) is 0 Å². The third-order valence-corrected chi connectivity index (χ3v) is 4.76. The van der Waals surface area contributed by atoms with Gasteiger partial charge in [0.25, 0.3) is 0 Å². The third-order valence-electron chi connectivity index (χ3n) is 4.76. The van der Waals surface area contributed by atoms with Gasteiger partial charge in [-0.25, -0.2) is 0 Å². The van der Waals surface area contributed by atoms with Crippen LogP contribution in [0.3, 0.4) is 0 Å². The largest absolute Gasteiger partial charge is 0.348 e. The molecule has 2 fully saturated rings. The monoisotopic (exact) mass is 271 g/mol. The Kier molecular flexibility index (Phi) is 3.78. The molecule has 1 aromatic carbocycles. The topological polar surface area (TPSA) is 42.2 Å². The molecule has 0 atom stereocenters. The first kappa shape index (κ1) is 13.6. The first-order chi connectivity index (χ1) is 9.76. The molecule has 0 radical (unpaired) electrons. The maximum Gasteiger partial charge on any atom is 0.168 e. The Morgan fingerprint density at radius 1 is 1.00 bits per heavy atom. The molecule has 1 aromatic rings. The van der Waals surface area contributed by atoms with E-state index in [0.29, 0.717) is 19.6 Å². The number of ether oxygens (including phenoxy) is 2. The lowest BCUT2D eigenvalue weighted by Crippen LogP contribution is -2.40. The van der Waals surface area contributed by atoms with Crippen molar-refractivity contribution in [3.63, 3.8) is 0 Å². The zero-order valence-electron chi connectivity index (χ0n) is 11.8. The number of nitrogens with zero attached hydrogens (tertiary/aromatic N) is 1. The van der Waals surface area contributed by atoms with Gasteiger partial charge in [0, 0.05) is 19.3 Å². The first-order valence-corrected chi connectivity index (χ1v) is 7.45. The summed E-state index contributed by atoms with van der Waals surface area (Å²) >= 11 is 0. The highest BCUT2D eigenvalue weighted by atomic mass is 16.7. The van der Waals surface area contributed by atoms with E-state index in [2.05, 4.69) is 30.3 Å². The Morgan fingerprint density at radius 2 is 1.65 bits per heavy atom. The number of nitriles is 1. The van der Waals surface area contributed by atoms with Crippen molar-refractivity contribution in [1.82, 2.24) is 0 Å². The lowest BCUT2D eigenvalue weighted by Gasteiger charge is -2.42. The Bertz CT molecular complexity index is 475. The number of hydrogen-bond acceptors (Lipinski definition) is 3. The van der Waals surface area contributed by atoms with Gasteiger partial charge in [-0.3, -0.25) is 0 Å². The predicted molar refractivity (Wildman–Crippen MR) is 75.9 cm³/mol. The van der Waals surface area contributed by atoms with Crippen LogP contribution in [-0.4, -0.2) is 19.0 Å². The number of benzene rings is 1. The Balaban J connectivity index is 1.72. The molecule has 20 heavy (non-hydrogen) atoms. The van der Waals surface area contributed by atoms with Gasteiger partial charge in [-0.15, -0.1) is 0 Å². The number of rotatable bonds is 3. The third kappa shape index (κ3) is 2.72. The summed E-state index contributed by atoms with van der Waals surface area (Å²) in [6, 6.07) is 12.9. The summed E-state index contributed by atoms with van der Waals surface area (Å²) in [7, 11) is 0. The summed E-state index contributed by atoms with van der Waals surface area (Å²) in [5.41, 5.74) is 1.42. The van der Waals surface area contributed by atoms with Gasteiger partial charge >= 0.3 is 0 Å². The molecule has 0 aromatic heterocycles. The highest BCUT2D eigenvalue weighted by molar-refractivity contribution is 5.17. The maximum atomic E-state index is 9.21. The second kappa shape index (κ2) is 5.55. The van der Waals surface area contributed by atoms with Crippen LogP contribution in [0.4, 0.5) is 0 Å². The molecule has 0 bridgehead atoms. The Morgan fingerprint density at radius 3 is 2.25 bits per heavy atom. The molecule has 106 valence electrons. The molecule has 1 aliphatic carbocycles. The van der Waals surface area contributed by atoms with Gasteiger partial charge in [0.15, 0.2) is 5.79 Å². The molecule has 1 saturated carbocycles. The van der Waals surface area contributed by atoms with Gasteiger partial charge in [-0.1, -0.05) is 30.3 Å². The molecule has 0 unspecified atom stereocenters.